The van der Waals surface area contributed by atoms with E-state index >= 15 is 0 Å². The van der Waals surface area contributed by atoms with E-state index < -0.39 is 0 Å². The van der Waals surface area contributed by atoms with Crippen molar-refractivity contribution in [2.75, 3.05) is 20.3 Å². The molecule has 21 heavy (non-hydrogen) atoms. The fraction of sp³-hybridized carbons (Fsp3) is 1.00. The largest absolute Gasteiger partial charge is 0.385 e. The van der Waals surface area contributed by atoms with Crippen molar-refractivity contribution < 1.29 is 4.74 Å². The van der Waals surface area contributed by atoms with E-state index in [1.165, 1.54) is 83.6 Å². The summed E-state index contributed by atoms with van der Waals surface area (Å²) in [6, 6.07) is 0.821. The minimum absolute atomic E-state index is 0.602. The van der Waals surface area contributed by atoms with Crippen LogP contribution >= 0.6 is 0 Å². The molecular formula is C19H35NO. The molecule has 0 heterocycles. The van der Waals surface area contributed by atoms with Crippen LogP contribution in [0.15, 0.2) is 0 Å². The predicted octanol–water partition coefficient (Wildman–Crippen LogP) is 4.53. The van der Waals surface area contributed by atoms with E-state index in [0.717, 1.165) is 24.5 Å². The molecule has 0 aliphatic heterocycles. The molecule has 3 fully saturated rings. The van der Waals surface area contributed by atoms with Gasteiger partial charge in [0, 0.05) is 26.3 Å². The second kappa shape index (κ2) is 7.46. The molecule has 0 aromatic rings. The SMILES string of the molecule is COCCC1(CNC2CCCCC2C2CCCCC2)CC1. The van der Waals surface area contributed by atoms with E-state index in [-0.39, 0.29) is 0 Å². The van der Waals surface area contributed by atoms with Gasteiger partial charge in [0.25, 0.3) is 0 Å². The molecule has 0 spiro atoms. The Kier molecular flexibility index (Phi) is 5.61. The third-order valence-corrected chi connectivity index (χ3v) is 6.61. The molecule has 2 heteroatoms. The normalized spacial score (nSPS) is 33.0. The summed E-state index contributed by atoms with van der Waals surface area (Å²) in [5, 5.41) is 4.03. The minimum atomic E-state index is 0.602. The molecule has 2 nitrogen and oxygen atoms in total. The Labute approximate surface area is 131 Å². The smallest absolute Gasteiger partial charge is 0.0468 e. The van der Waals surface area contributed by atoms with Crippen LogP contribution in [0, 0.1) is 17.3 Å². The summed E-state index contributed by atoms with van der Waals surface area (Å²) in [5.41, 5.74) is 0.602. The van der Waals surface area contributed by atoms with E-state index in [2.05, 4.69) is 5.32 Å². The maximum Gasteiger partial charge on any atom is 0.0468 e. The molecule has 2 unspecified atom stereocenters. The Balaban J connectivity index is 1.50. The zero-order valence-electron chi connectivity index (χ0n) is 14.0. The molecule has 3 aliphatic rings. The topological polar surface area (TPSA) is 21.3 Å². The van der Waals surface area contributed by atoms with Gasteiger partial charge in [0.2, 0.25) is 0 Å². The van der Waals surface area contributed by atoms with Gasteiger partial charge in [-0.2, -0.15) is 0 Å². The van der Waals surface area contributed by atoms with Crippen molar-refractivity contribution >= 4 is 0 Å². The summed E-state index contributed by atoms with van der Waals surface area (Å²) < 4.78 is 5.30. The predicted molar refractivity (Wildman–Crippen MR) is 88.5 cm³/mol. The van der Waals surface area contributed by atoms with Gasteiger partial charge in [-0.3, -0.25) is 0 Å². The van der Waals surface area contributed by atoms with E-state index in [1.807, 2.05) is 7.11 Å². The van der Waals surface area contributed by atoms with Gasteiger partial charge < -0.3 is 10.1 Å². The molecule has 2 atom stereocenters. The highest BCUT2D eigenvalue weighted by Gasteiger charge is 2.43. The molecule has 3 rings (SSSR count). The van der Waals surface area contributed by atoms with Crippen molar-refractivity contribution in [1.82, 2.24) is 5.32 Å². The number of hydrogen-bond acceptors (Lipinski definition) is 2. The summed E-state index contributed by atoms with van der Waals surface area (Å²) in [7, 11) is 1.84. The first kappa shape index (κ1) is 15.8. The van der Waals surface area contributed by atoms with Crippen LogP contribution in [0.5, 0.6) is 0 Å². The van der Waals surface area contributed by atoms with Crippen LogP contribution in [-0.4, -0.2) is 26.3 Å². The fourth-order valence-electron chi connectivity index (χ4n) is 4.90. The van der Waals surface area contributed by atoms with Crippen LogP contribution in [0.2, 0.25) is 0 Å². The Morgan fingerprint density at radius 3 is 2.38 bits per heavy atom. The molecular weight excluding hydrogens is 258 g/mol. The standard InChI is InChI=1S/C19H35NO/c1-21-14-13-19(11-12-19)15-20-18-10-6-5-9-17(18)16-7-3-2-4-8-16/h16-18,20H,2-15H2,1H3. The molecule has 0 aromatic carbocycles. The first-order valence-corrected chi connectivity index (χ1v) is 9.55. The van der Waals surface area contributed by atoms with Crippen molar-refractivity contribution in [1.29, 1.82) is 0 Å². The summed E-state index contributed by atoms with van der Waals surface area (Å²) in [5.74, 6) is 2.02. The van der Waals surface area contributed by atoms with Crippen molar-refractivity contribution in [3.63, 3.8) is 0 Å². The highest BCUT2D eigenvalue weighted by atomic mass is 16.5. The van der Waals surface area contributed by atoms with Crippen molar-refractivity contribution in [2.24, 2.45) is 17.3 Å². The number of methoxy groups -OCH3 is 1. The molecule has 0 aromatic heterocycles. The average molecular weight is 293 g/mol. The van der Waals surface area contributed by atoms with Crippen molar-refractivity contribution in [2.45, 2.75) is 83.1 Å². The molecule has 3 saturated carbocycles. The molecule has 0 amide bonds. The number of nitrogens with one attached hydrogen (secondary N) is 1. The Bertz CT molecular complexity index is 307. The quantitative estimate of drug-likeness (QED) is 0.744. The zero-order valence-corrected chi connectivity index (χ0v) is 14.0. The van der Waals surface area contributed by atoms with E-state index in [1.54, 1.807) is 0 Å². The van der Waals surface area contributed by atoms with Gasteiger partial charge in [0.15, 0.2) is 0 Å². The van der Waals surface area contributed by atoms with Crippen LogP contribution in [0.1, 0.15) is 77.0 Å². The van der Waals surface area contributed by atoms with E-state index in [4.69, 9.17) is 4.74 Å². The third-order valence-electron chi connectivity index (χ3n) is 6.61. The van der Waals surface area contributed by atoms with Gasteiger partial charge in [0.1, 0.15) is 0 Å². The summed E-state index contributed by atoms with van der Waals surface area (Å²) in [4.78, 5) is 0. The first-order chi connectivity index (χ1) is 10.3. The van der Waals surface area contributed by atoms with Crippen molar-refractivity contribution in [3.8, 4) is 0 Å². The van der Waals surface area contributed by atoms with Crippen LogP contribution in [0.25, 0.3) is 0 Å². The number of rotatable bonds is 7. The van der Waals surface area contributed by atoms with Crippen LogP contribution in [-0.2, 0) is 4.74 Å². The number of ether oxygens (including phenoxy) is 1. The van der Waals surface area contributed by atoms with Gasteiger partial charge in [-0.05, 0) is 49.4 Å². The number of hydrogen-bond donors (Lipinski definition) is 1. The van der Waals surface area contributed by atoms with E-state index in [9.17, 15) is 0 Å². The maximum atomic E-state index is 5.30. The second-order valence-corrected chi connectivity index (χ2v) is 8.08. The van der Waals surface area contributed by atoms with Crippen molar-refractivity contribution in [3.05, 3.63) is 0 Å². The Hall–Kier alpha value is -0.0800. The lowest BCUT2D eigenvalue weighted by molar-refractivity contribution is 0.137. The Morgan fingerprint density at radius 1 is 0.952 bits per heavy atom. The van der Waals surface area contributed by atoms with Gasteiger partial charge >= 0.3 is 0 Å². The lowest BCUT2D eigenvalue weighted by atomic mass is 9.71. The molecule has 1 N–H and O–H groups in total. The Morgan fingerprint density at radius 2 is 1.67 bits per heavy atom. The van der Waals surface area contributed by atoms with E-state index in [0.29, 0.717) is 5.41 Å². The molecule has 0 radical (unpaired) electrons. The molecule has 122 valence electrons. The molecule has 0 saturated heterocycles. The van der Waals surface area contributed by atoms with Crippen LogP contribution < -0.4 is 5.32 Å². The summed E-state index contributed by atoms with van der Waals surface area (Å²) >= 11 is 0. The fourth-order valence-corrected chi connectivity index (χ4v) is 4.90. The van der Waals surface area contributed by atoms with Crippen LogP contribution in [0.4, 0.5) is 0 Å². The van der Waals surface area contributed by atoms with Gasteiger partial charge in [-0.1, -0.05) is 44.9 Å². The lowest BCUT2D eigenvalue weighted by Gasteiger charge is -2.40. The summed E-state index contributed by atoms with van der Waals surface area (Å²) in [6.45, 7) is 2.20. The van der Waals surface area contributed by atoms with Gasteiger partial charge in [-0.15, -0.1) is 0 Å². The first-order valence-electron chi connectivity index (χ1n) is 9.55. The monoisotopic (exact) mass is 293 g/mol. The van der Waals surface area contributed by atoms with Gasteiger partial charge in [-0.25, -0.2) is 0 Å². The lowest BCUT2D eigenvalue weighted by Crippen LogP contribution is -2.44. The second-order valence-electron chi connectivity index (χ2n) is 8.08. The zero-order chi connectivity index (χ0) is 14.5. The van der Waals surface area contributed by atoms with Gasteiger partial charge in [0.05, 0.1) is 0 Å². The van der Waals surface area contributed by atoms with Crippen LogP contribution in [0.3, 0.4) is 0 Å². The minimum Gasteiger partial charge on any atom is -0.385 e. The highest BCUT2D eigenvalue weighted by Crippen LogP contribution is 2.48. The molecule has 3 aliphatic carbocycles. The highest BCUT2D eigenvalue weighted by molar-refractivity contribution is 4.97. The third kappa shape index (κ3) is 4.22. The molecule has 0 bridgehead atoms. The maximum absolute atomic E-state index is 5.30. The average Bonchev–Trinajstić information content (AvgIpc) is 3.33. The summed E-state index contributed by atoms with van der Waals surface area (Å²) in [6.07, 6.45) is 17.5.